The molecule has 0 radical (unpaired) electrons. The summed E-state index contributed by atoms with van der Waals surface area (Å²) in [6.07, 6.45) is 4.85. The quantitative estimate of drug-likeness (QED) is 0.641. The number of hydrogen-bond donors (Lipinski definition) is 1. The second-order valence-electron chi connectivity index (χ2n) is 2.02. The van der Waals surface area contributed by atoms with E-state index in [-0.39, 0.29) is 5.56 Å². The van der Waals surface area contributed by atoms with E-state index in [4.69, 9.17) is 0 Å². The van der Waals surface area contributed by atoms with E-state index in [1.165, 1.54) is 6.07 Å². The molecule has 2 aromatic rings. The SMILES string of the molecule is O=c1cccc[nH]1.c1ccoc1. The Morgan fingerprint density at radius 3 is 2.08 bits per heavy atom. The third kappa shape index (κ3) is 3.41. The van der Waals surface area contributed by atoms with E-state index in [2.05, 4.69) is 9.40 Å². The zero-order chi connectivity index (χ0) is 8.65. The van der Waals surface area contributed by atoms with Gasteiger partial charge in [0.05, 0.1) is 12.5 Å². The van der Waals surface area contributed by atoms with E-state index in [0.29, 0.717) is 0 Å². The van der Waals surface area contributed by atoms with E-state index < -0.39 is 0 Å². The summed E-state index contributed by atoms with van der Waals surface area (Å²) in [5, 5.41) is 0. The topological polar surface area (TPSA) is 46.0 Å². The van der Waals surface area contributed by atoms with Crippen LogP contribution < -0.4 is 5.56 Å². The number of H-pyrrole nitrogens is 1. The average molecular weight is 163 g/mol. The molecule has 0 spiro atoms. The number of rotatable bonds is 0. The van der Waals surface area contributed by atoms with Crippen molar-refractivity contribution >= 4 is 0 Å². The summed E-state index contributed by atoms with van der Waals surface area (Å²) in [6, 6.07) is 8.60. The summed E-state index contributed by atoms with van der Waals surface area (Å²) in [5.74, 6) is 0. The number of aromatic amines is 1. The van der Waals surface area contributed by atoms with Gasteiger partial charge in [0.1, 0.15) is 0 Å². The zero-order valence-corrected chi connectivity index (χ0v) is 6.44. The minimum atomic E-state index is -0.0532. The van der Waals surface area contributed by atoms with Crippen LogP contribution >= 0.6 is 0 Å². The van der Waals surface area contributed by atoms with Gasteiger partial charge in [-0.3, -0.25) is 4.79 Å². The van der Waals surface area contributed by atoms with E-state index in [1.807, 2.05) is 12.1 Å². The summed E-state index contributed by atoms with van der Waals surface area (Å²) >= 11 is 0. The Kier molecular flexibility index (Phi) is 3.44. The van der Waals surface area contributed by atoms with Gasteiger partial charge in [0.15, 0.2) is 0 Å². The first-order chi connectivity index (χ1) is 5.89. The molecular formula is C9H9NO2. The lowest BCUT2D eigenvalue weighted by atomic mass is 10.5. The number of nitrogens with one attached hydrogen (secondary N) is 1. The van der Waals surface area contributed by atoms with Crippen LogP contribution in [0.1, 0.15) is 0 Å². The molecule has 0 aliphatic carbocycles. The third-order valence-electron chi connectivity index (χ3n) is 1.11. The van der Waals surface area contributed by atoms with Crippen molar-refractivity contribution < 1.29 is 4.42 Å². The fourth-order valence-electron chi connectivity index (χ4n) is 0.604. The fourth-order valence-corrected chi connectivity index (χ4v) is 0.604. The highest BCUT2D eigenvalue weighted by Crippen LogP contribution is 1.79. The number of pyridine rings is 1. The maximum atomic E-state index is 10.2. The van der Waals surface area contributed by atoms with Gasteiger partial charge in [-0.05, 0) is 18.2 Å². The van der Waals surface area contributed by atoms with Crippen LogP contribution in [-0.2, 0) is 0 Å². The highest BCUT2D eigenvalue weighted by atomic mass is 16.3. The Morgan fingerprint density at radius 1 is 1.08 bits per heavy atom. The first kappa shape index (κ1) is 8.33. The second-order valence-corrected chi connectivity index (χ2v) is 2.02. The molecule has 0 atom stereocenters. The summed E-state index contributed by atoms with van der Waals surface area (Å²) in [5.41, 5.74) is -0.0532. The number of hydrogen-bond acceptors (Lipinski definition) is 2. The van der Waals surface area contributed by atoms with Crippen molar-refractivity contribution in [3.8, 4) is 0 Å². The molecule has 0 saturated heterocycles. The zero-order valence-electron chi connectivity index (χ0n) is 6.44. The average Bonchev–Trinajstić information content (AvgIpc) is 2.62. The van der Waals surface area contributed by atoms with Crippen LogP contribution in [0.3, 0.4) is 0 Å². The first-order valence-corrected chi connectivity index (χ1v) is 3.50. The van der Waals surface area contributed by atoms with Crippen LogP contribution in [-0.4, -0.2) is 4.98 Å². The molecule has 3 nitrogen and oxygen atoms in total. The summed E-state index contributed by atoms with van der Waals surface area (Å²) in [6.45, 7) is 0. The molecule has 2 aromatic heterocycles. The Morgan fingerprint density at radius 2 is 1.83 bits per heavy atom. The lowest BCUT2D eigenvalue weighted by Crippen LogP contribution is -1.98. The Hall–Kier alpha value is -1.77. The summed E-state index contributed by atoms with van der Waals surface area (Å²) in [4.78, 5) is 12.7. The van der Waals surface area contributed by atoms with Crippen molar-refractivity contribution in [3.63, 3.8) is 0 Å². The molecule has 0 amide bonds. The van der Waals surface area contributed by atoms with Gasteiger partial charge in [0.25, 0.3) is 0 Å². The molecule has 0 bridgehead atoms. The fraction of sp³-hybridized carbons (Fsp3) is 0. The van der Waals surface area contributed by atoms with Crippen LogP contribution in [0, 0.1) is 0 Å². The molecule has 2 heterocycles. The van der Waals surface area contributed by atoms with E-state index in [9.17, 15) is 4.79 Å². The van der Waals surface area contributed by atoms with Crippen molar-refractivity contribution in [2.45, 2.75) is 0 Å². The predicted molar refractivity (Wildman–Crippen MR) is 45.8 cm³/mol. The molecule has 12 heavy (non-hydrogen) atoms. The standard InChI is InChI=1S/C5H5NO.C4H4O/c7-5-3-1-2-4-6-5;1-2-4-5-3-1/h1-4H,(H,6,7);1-4H. The molecular weight excluding hydrogens is 154 g/mol. The molecule has 3 heteroatoms. The van der Waals surface area contributed by atoms with Crippen LogP contribution in [0.15, 0.2) is 58.3 Å². The molecule has 0 saturated carbocycles. The maximum Gasteiger partial charge on any atom is 0.247 e. The van der Waals surface area contributed by atoms with Gasteiger partial charge in [-0.2, -0.15) is 0 Å². The maximum absolute atomic E-state index is 10.2. The van der Waals surface area contributed by atoms with E-state index in [0.717, 1.165) is 0 Å². The largest absolute Gasteiger partial charge is 0.473 e. The van der Waals surface area contributed by atoms with Crippen molar-refractivity contribution in [1.29, 1.82) is 0 Å². The van der Waals surface area contributed by atoms with Crippen LogP contribution in [0.5, 0.6) is 0 Å². The highest BCUT2D eigenvalue weighted by molar-refractivity contribution is 4.89. The summed E-state index contributed by atoms with van der Waals surface area (Å²) in [7, 11) is 0. The lowest BCUT2D eigenvalue weighted by molar-refractivity contribution is 0.567. The van der Waals surface area contributed by atoms with Crippen molar-refractivity contribution in [2.24, 2.45) is 0 Å². The van der Waals surface area contributed by atoms with Gasteiger partial charge in [0, 0.05) is 12.3 Å². The third-order valence-corrected chi connectivity index (χ3v) is 1.11. The van der Waals surface area contributed by atoms with Crippen molar-refractivity contribution in [1.82, 2.24) is 4.98 Å². The van der Waals surface area contributed by atoms with Crippen LogP contribution in [0.2, 0.25) is 0 Å². The van der Waals surface area contributed by atoms with Gasteiger partial charge in [-0.1, -0.05) is 6.07 Å². The van der Waals surface area contributed by atoms with Crippen molar-refractivity contribution in [3.05, 3.63) is 59.4 Å². The Bertz CT molecular complexity index is 303. The van der Waals surface area contributed by atoms with Gasteiger partial charge in [0.2, 0.25) is 5.56 Å². The van der Waals surface area contributed by atoms with E-state index in [1.54, 1.807) is 30.9 Å². The van der Waals surface area contributed by atoms with Crippen LogP contribution in [0.4, 0.5) is 0 Å². The Labute approximate surface area is 69.7 Å². The predicted octanol–water partition coefficient (Wildman–Crippen LogP) is 1.65. The van der Waals surface area contributed by atoms with Gasteiger partial charge in [-0.15, -0.1) is 0 Å². The van der Waals surface area contributed by atoms with Gasteiger partial charge in [-0.25, -0.2) is 0 Å². The second kappa shape index (κ2) is 4.96. The first-order valence-electron chi connectivity index (χ1n) is 3.50. The molecule has 2 rings (SSSR count). The Balaban J connectivity index is 0.000000127. The minimum absolute atomic E-state index is 0.0532. The lowest BCUT2D eigenvalue weighted by Gasteiger charge is -1.73. The van der Waals surface area contributed by atoms with Crippen molar-refractivity contribution in [2.75, 3.05) is 0 Å². The molecule has 0 fully saturated rings. The molecule has 0 aromatic carbocycles. The highest BCUT2D eigenvalue weighted by Gasteiger charge is 1.69. The molecule has 62 valence electrons. The normalized spacial score (nSPS) is 8.33. The van der Waals surface area contributed by atoms with Gasteiger partial charge < -0.3 is 9.40 Å². The molecule has 0 aliphatic heterocycles. The number of aromatic nitrogens is 1. The summed E-state index contributed by atoms with van der Waals surface area (Å²) < 4.78 is 4.58. The molecule has 0 aliphatic rings. The minimum Gasteiger partial charge on any atom is -0.473 e. The van der Waals surface area contributed by atoms with Gasteiger partial charge >= 0.3 is 0 Å². The number of furan rings is 1. The van der Waals surface area contributed by atoms with Crippen LogP contribution in [0.25, 0.3) is 0 Å². The smallest absolute Gasteiger partial charge is 0.247 e. The molecule has 0 unspecified atom stereocenters. The molecule has 1 N–H and O–H groups in total. The van der Waals surface area contributed by atoms with E-state index >= 15 is 0 Å². The monoisotopic (exact) mass is 163 g/mol.